The lowest BCUT2D eigenvalue weighted by Gasteiger charge is -2.33. The highest BCUT2D eigenvalue weighted by Crippen LogP contribution is 2.33. The Labute approximate surface area is 116 Å². The van der Waals surface area contributed by atoms with Gasteiger partial charge in [-0.1, -0.05) is 0 Å². The molecule has 9 heteroatoms. The lowest BCUT2D eigenvalue weighted by atomic mass is 10.2. The molecule has 1 fully saturated rings. The van der Waals surface area contributed by atoms with Crippen molar-refractivity contribution in [1.82, 2.24) is 15.3 Å². The number of rotatable bonds is 5. The Bertz CT molecular complexity index is 482. The molecule has 0 spiro atoms. The van der Waals surface area contributed by atoms with Crippen LogP contribution in [0.25, 0.3) is 0 Å². The summed E-state index contributed by atoms with van der Waals surface area (Å²) in [6, 6.07) is 0. The molecular formula is C11H17N5O4. The first-order chi connectivity index (χ1) is 9.67. The van der Waals surface area contributed by atoms with Crippen molar-refractivity contribution in [3.05, 3.63) is 16.4 Å². The fourth-order valence-electron chi connectivity index (χ4n) is 2.16. The maximum atomic E-state index is 11.2. The van der Waals surface area contributed by atoms with Gasteiger partial charge in [0.05, 0.1) is 24.7 Å². The molecule has 0 radical (unpaired) electrons. The quantitative estimate of drug-likeness (QED) is 0.586. The van der Waals surface area contributed by atoms with Crippen LogP contribution in [0.1, 0.15) is 0 Å². The summed E-state index contributed by atoms with van der Waals surface area (Å²) in [6.45, 7) is 2.24. The fraction of sp³-hybridized carbons (Fsp3) is 0.636. The number of ether oxygens (including phenoxy) is 2. The Morgan fingerprint density at radius 2 is 2.45 bits per heavy atom. The number of nitro groups is 1. The average Bonchev–Trinajstić information content (AvgIpc) is 2.47. The van der Waals surface area contributed by atoms with E-state index in [9.17, 15) is 10.1 Å². The van der Waals surface area contributed by atoms with Crippen LogP contribution in [0.3, 0.4) is 0 Å². The van der Waals surface area contributed by atoms with Crippen molar-refractivity contribution in [1.29, 1.82) is 0 Å². The van der Waals surface area contributed by atoms with Crippen LogP contribution in [0, 0.1) is 10.1 Å². The number of nitrogens with one attached hydrogen (secondary N) is 1. The largest absolute Gasteiger partial charge is 0.476 e. The first-order valence-corrected chi connectivity index (χ1v) is 6.22. The van der Waals surface area contributed by atoms with Crippen molar-refractivity contribution >= 4 is 11.5 Å². The Hall–Kier alpha value is -2.00. The second kappa shape index (κ2) is 6.44. The van der Waals surface area contributed by atoms with Gasteiger partial charge in [0, 0.05) is 19.6 Å². The lowest BCUT2D eigenvalue weighted by molar-refractivity contribution is -0.385. The molecule has 0 aliphatic carbocycles. The molecule has 1 aromatic heterocycles. The number of hydrogen-bond donors (Lipinski definition) is 1. The lowest BCUT2D eigenvalue weighted by Crippen LogP contribution is -2.46. The minimum atomic E-state index is -0.517. The van der Waals surface area contributed by atoms with E-state index in [2.05, 4.69) is 15.3 Å². The number of methoxy groups -OCH3 is 1. The van der Waals surface area contributed by atoms with Crippen LogP contribution < -0.4 is 15.0 Å². The summed E-state index contributed by atoms with van der Waals surface area (Å²) < 4.78 is 10.5. The number of hydrogen-bond acceptors (Lipinski definition) is 8. The summed E-state index contributed by atoms with van der Waals surface area (Å²) in [5, 5.41) is 14.3. The van der Waals surface area contributed by atoms with Crippen LogP contribution in [0.2, 0.25) is 0 Å². The zero-order valence-corrected chi connectivity index (χ0v) is 11.4. The van der Waals surface area contributed by atoms with E-state index in [1.165, 1.54) is 13.4 Å². The molecule has 9 nitrogen and oxygen atoms in total. The minimum absolute atomic E-state index is 0.0309. The van der Waals surface area contributed by atoms with Crippen LogP contribution in [0.15, 0.2) is 6.33 Å². The van der Waals surface area contributed by atoms with Gasteiger partial charge in [0.25, 0.3) is 5.88 Å². The fourth-order valence-corrected chi connectivity index (χ4v) is 2.16. The van der Waals surface area contributed by atoms with Crippen molar-refractivity contribution in [2.45, 2.75) is 6.10 Å². The summed E-state index contributed by atoms with van der Waals surface area (Å²) in [4.78, 5) is 20.4. The third kappa shape index (κ3) is 2.94. The Morgan fingerprint density at radius 3 is 3.10 bits per heavy atom. The number of morpholine rings is 1. The van der Waals surface area contributed by atoms with Crippen molar-refractivity contribution in [3.63, 3.8) is 0 Å². The molecule has 1 aromatic rings. The van der Waals surface area contributed by atoms with E-state index in [4.69, 9.17) is 9.47 Å². The molecule has 1 aliphatic heterocycles. The average molecular weight is 283 g/mol. The standard InChI is InChI=1S/C11H17N5O4/c1-12-5-8-6-15(3-4-20-8)10-9(16(17)18)11(19-2)14-7-13-10/h7-8,12H,3-6H2,1-2H3. The molecule has 2 rings (SSSR count). The van der Waals surface area contributed by atoms with E-state index in [-0.39, 0.29) is 23.5 Å². The molecule has 20 heavy (non-hydrogen) atoms. The Kier molecular flexibility index (Phi) is 4.64. The van der Waals surface area contributed by atoms with Gasteiger partial charge in [-0.3, -0.25) is 10.1 Å². The van der Waals surface area contributed by atoms with E-state index in [1.54, 1.807) is 0 Å². The smallest absolute Gasteiger partial charge is 0.372 e. The number of anilines is 1. The molecule has 1 saturated heterocycles. The van der Waals surface area contributed by atoms with Crippen molar-refractivity contribution in [2.75, 3.05) is 45.3 Å². The van der Waals surface area contributed by atoms with E-state index >= 15 is 0 Å². The first-order valence-electron chi connectivity index (χ1n) is 6.22. The molecule has 1 N–H and O–H groups in total. The molecule has 0 amide bonds. The number of aromatic nitrogens is 2. The predicted molar refractivity (Wildman–Crippen MR) is 71.1 cm³/mol. The van der Waals surface area contributed by atoms with Gasteiger partial charge in [-0.15, -0.1) is 0 Å². The summed E-state index contributed by atoms with van der Waals surface area (Å²) >= 11 is 0. The van der Waals surface area contributed by atoms with E-state index in [0.717, 1.165) is 0 Å². The summed E-state index contributed by atoms with van der Waals surface area (Å²) in [5.41, 5.74) is -0.208. The molecule has 1 aliphatic rings. The van der Waals surface area contributed by atoms with Crippen LogP contribution in [0.4, 0.5) is 11.5 Å². The third-order valence-corrected chi connectivity index (χ3v) is 3.02. The highest BCUT2D eigenvalue weighted by molar-refractivity contribution is 5.62. The van der Waals surface area contributed by atoms with E-state index < -0.39 is 4.92 Å². The van der Waals surface area contributed by atoms with Crippen LogP contribution in [0.5, 0.6) is 5.88 Å². The molecular weight excluding hydrogens is 266 g/mol. The van der Waals surface area contributed by atoms with Crippen molar-refractivity contribution < 1.29 is 14.4 Å². The molecule has 110 valence electrons. The highest BCUT2D eigenvalue weighted by atomic mass is 16.6. The predicted octanol–water partition coefficient (Wildman–Crippen LogP) is -0.182. The SMILES string of the molecule is CNCC1CN(c2ncnc(OC)c2[N+](=O)[O-])CCO1. The normalized spacial score (nSPS) is 18.9. The molecule has 2 heterocycles. The molecule has 0 bridgehead atoms. The second-order valence-corrected chi connectivity index (χ2v) is 4.31. The highest BCUT2D eigenvalue weighted by Gasteiger charge is 2.31. The second-order valence-electron chi connectivity index (χ2n) is 4.31. The summed E-state index contributed by atoms with van der Waals surface area (Å²) in [7, 11) is 3.18. The van der Waals surface area contributed by atoms with Crippen LogP contribution >= 0.6 is 0 Å². The molecule has 1 atom stereocenters. The Morgan fingerprint density at radius 1 is 1.65 bits per heavy atom. The van der Waals surface area contributed by atoms with E-state index in [0.29, 0.717) is 26.2 Å². The topological polar surface area (TPSA) is 103 Å². The van der Waals surface area contributed by atoms with Crippen molar-refractivity contribution in [2.24, 2.45) is 0 Å². The zero-order valence-electron chi connectivity index (χ0n) is 11.4. The van der Waals surface area contributed by atoms with Gasteiger partial charge < -0.3 is 19.7 Å². The monoisotopic (exact) mass is 283 g/mol. The molecule has 0 saturated carbocycles. The van der Waals surface area contributed by atoms with Gasteiger partial charge in [-0.05, 0) is 7.05 Å². The number of nitrogens with zero attached hydrogens (tertiary/aromatic N) is 4. The van der Waals surface area contributed by atoms with Crippen molar-refractivity contribution in [3.8, 4) is 5.88 Å². The zero-order chi connectivity index (χ0) is 14.5. The first kappa shape index (κ1) is 14.4. The third-order valence-electron chi connectivity index (χ3n) is 3.02. The number of likely N-dealkylation sites (N-methyl/N-ethyl adjacent to an activating group) is 1. The van der Waals surface area contributed by atoms with Gasteiger partial charge in [0.1, 0.15) is 6.33 Å². The van der Waals surface area contributed by atoms with E-state index in [1.807, 2.05) is 11.9 Å². The Balaban J connectivity index is 2.29. The van der Waals surface area contributed by atoms with Gasteiger partial charge in [-0.2, -0.15) is 4.98 Å². The summed E-state index contributed by atoms with van der Waals surface area (Å²) in [6.07, 6.45) is 1.23. The maximum Gasteiger partial charge on any atom is 0.372 e. The molecule has 0 aromatic carbocycles. The van der Waals surface area contributed by atoms with Crippen LogP contribution in [-0.2, 0) is 4.74 Å². The van der Waals surface area contributed by atoms with Gasteiger partial charge in [0.15, 0.2) is 0 Å². The summed E-state index contributed by atoms with van der Waals surface area (Å²) in [5.74, 6) is 0.239. The minimum Gasteiger partial charge on any atom is -0.476 e. The maximum absolute atomic E-state index is 11.2. The van der Waals surface area contributed by atoms with Gasteiger partial charge in [-0.25, -0.2) is 4.98 Å². The van der Waals surface area contributed by atoms with Gasteiger partial charge >= 0.3 is 5.69 Å². The van der Waals surface area contributed by atoms with Crippen LogP contribution in [-0.4, -0.2) is 61.4 Å². The van der Waals surface area contributed by atoms with Gasteiger partial charge in [0.2, 0.25) is 5.82 Å². The molecule has 1 unspecified atom stereocenters.